The van der Waals surface area contributed by atoms with Gasteiger partial charge >= 0.3 is 0 Å². The van der Waals surface area contributed by atoms with E-state index in [1.807, 2.05) is 6.07 Å². The third kappa shape index (κ3) is 1.98. The molecule has 16 heavy (non-hydrogen) atoms. The number of anilines is 1. The molecule has 4 nitrogen and oxygen atoms in total. The normalized spacial score (nSPS) is 16.1. The SMILES string of the molecule is CC1=C(c2ccc(N)nc2)CN(C#N)CC1. The molecule has 2 rings (SSSR count). The van der Waals surface area contributed by atoms with Crippen molar-refractivity contribution in [2.45, 2.75) is 13.3 Å². The number of nitriles is 1. The summed E-state index contributed by atoms with van der Waals surface area (Å²) in [7, 11) is 0. The van der Waals surface area contributed by atoms with Crippen LogP contribution in [0.1, 0.15) is 18.9 Å². The van der Waals surface area contributed by atoms with Gasteiger partial charge in [0.05, 0.1) is 6.54 Å². The third-order valence-corrected chi connectivity index (χ3v) is 2.90. The van der Waals surface area contributed by atoms with Crippen LogP contribution < -0.4 is 5.73 Å². The lowest BCUT2D eigenvalue weighted by atomic mass is 9.96. The molecule has 1 aromatic rings. The first-order valence-corrected chi connectivity index (χ1v) is 5.26. The van der Waals surface area contributed by atoms with E-state index in [1.165, 1.54) is 11.1 Å². The standard InChI is InChI=1S/C12H14N4/c1-9-4-5-16(8-13)7-11(9)10-2-3-12(14)15-6-10/h2-3,6H,4-5,7H2,1H3,(H2,14,15). The molecule has 0 saturated heterocycles. The second-order valence-corrected chi connectivity index (χ2v) is 4.00. The quantitative estimate of drug-likeness (QED) is 0.721. The van der Waals surface area contributed by atoms with Crippen LogP contribution in [-0.2, 0) is 0 Å². The number of pyridine rings is 1. The van der Waals surface area contributed by atoms with Crippen LogP contribution in [0.25, 0.3) is 5.57 Å². The summed E-state index contributed by atoms with van der Waals surface area (Å²) in [5.74, 6) is 0.523. The van der Waals surface area contributed by atoms with Gasteiger partial charge in [-0.25, -0.2) is 4.98 Å². The zero-order chi connectivity index (χ0) is 11.5. The molecule has 82 valence electrons. The lowest BCUT2D eigenvalue weighted by Crippen LogP contribution is -2.26. The summed E-state index contributed by atoms with van der Waals surface area (Å²) in [6.45, 7) is 3.60. The molecule has 4 heteroatoms. The smallest absolute Gasteiger partial charge is 0.179 e. The maximum atomic E-state index is 8.90. The Hall–Kier alpha value is -2.02. The Balaban J connectivity index is 2.32. The number of hydrogen-bond donors (Lipinski definition) is 1. The average Bonchev–Trinajstić information content (AvgIpc) is 2.31. The fraction of sp³-hybridized carbons (Fsp3) is 0.333. The van der Waals surface area contributed by atoms with Crippen molar-refractivity contribution in [1.29, 1.82) is 5.26 Å². The van der Waals surface area contributed by atoms with Crippen molar-refractivity contribution in [3.05, 3.63) is 29.5 Å². The number of nitrogen functional groups attached to an aromatic ring is 1. The van der Waals surface area contributed by atoms with Crippen LogP contribution in [0.15, 0.2) is 23.9 Å². The van der Waals surface area contributed by atoms with E-state index in [0.717, 1.165) is 18.5 Å². The highest BCUT2D eigenvalue weighted by Crippen LogP contribution is 2.25. The van der Waals surface area contributed by atoms with Crippen molar-refractivity contribution in [1.82, 2.24) is 9.88 Å². The molecular formula is C12H14N4. The topological polar surface area (TPSA) is 65.9 Å². The Morgan fingerprint density at radius 2 is 2.31 bits per heavy atom. The predicted molar refractivity (Wildman–Crippen MR) is 63.0 cm³/mol. The molecular weight excluding hydrogens is 200 g/mol. The zero-order valence-electron chi connectivity index (χ0n) is 9.27. The van der Waals surface area contributed by atoms with Crippen LogP contribution in [0.4, 0.5) is 5.82 Å². The summed E-state index contributed by atoms with van der Waals surface area (Å²) in [6, 6.07) is 3.75. The lowest BCUT2D eigenvalue weighted by molar-refractivity contribution is 0.426. The van der Waals surface area contributed by atoms with Crippen LogP contribution in [0.5, 0.6) is 0 Å². The van der Waals surface area contributed by atoms with Gasteiger partial charge in [-0.2, -0.15) is 5.26 Å². The second-order valence-electron chi connectivity index (χ2n) is 4.00. The van der Waals surface area contributed by atoms with Crippen LogP contribution in [0, 0.1) is 11.5 Å². The molecule has 0 fully saturated rings. The fourth-order valence-electron chi connectivity index (χ4n) is 1.87. The molecule has 1 aliphatic heterocycles. The van der Waals surface area contributed by atoms with Gasteiger partial charge in [-0.1, -0.05) is 5.57 Å². The summed E-state index contributed by atoms with van der Waals surface area (Å²) in [5.41, 5.74) is 9.14. The van der Waals surface area contributed by atoms with Crippen LogP contribution in [0.3, 0.4) is 0 Å². The maximum Gasteiger partial charge on any atom is 0.179 e. The Morgan fingerprint density at radius 3 is 2.94 bits per heavy atom. The Morgan fingerprint density at radius 1 is 1.50 bits per heavy atom. The van der Waals surface area contributed by atoms with Gasteiger partial charge in [0.1, 0.15) is 5.82 Å². The van der Waals surface area contributed by atoms with Gasteiger partial charge in [-0.3, -0.25) is 0 Å². The van der Waals surface area contributed by atoms with Crippen molar-refractivity contribution in [2.24, 2.45) is 0 Å². The molecule has 2 heterocycles. The molecule has 2 N–H and O–H groups in total. The highest BCUT2D eigenvalue weighted by Gasteiger charge is 2.16. The zero-order valence-corrected chi connectivity index (χ0v) is 9.27. The fourth-order valence-corrected chi connectivity index (χ4v) is 1.87. The summed E-state index contributed by atoms with van der Waals surface area (Å²) in [5, 5.41) is 8.90. The van der Waals surface area contributed by atoms with Gasteiger partial charge in [0, 0.05) is 12.7 Å². The molecule has 0 radical (unpaired) electrons. The summed E-state index contributed by atoms with van der Waals surface area (Å²) in [6.07, 6.45) is 4.90. The average molecular weight is 214 g/mol. The first kappa shape index (κ1) is 10.5. The van der Waals surface area contributed by atoms with E-state index in [-0.39, 0.29) is 0 Å². The van der Waals surface area contributed by atoms with Crippen molar-refractivity contribution in [2.75, 3.05) is 18.8 Å². The number of nitrogens with zero attached hydrogens (tertiary/aromatic N) is 3. The summed E-state index contributed by atoms with van der Waals surface area (Å²) >= 11 is 0. The molecule has 0 saturated carbocycles. The van der Waals surface area contributed by atoms with Crippen molar-refractivity contribution in [3.63, 3.8) is 0 Å². The Bertz CT molecular complexity index is 453. The number of rotatable bonds is 1. The monoisotopic (exact) mass is 214 g/mol. The van der Waals surface area contributed by atoms with E-state index in [0.29, 0.717) is 12.4 Å². The number of nitrogens with two attached hydrogens (primary N) is 1. The van der Waals surface area contributed by atoms with Gasteiger partial charge in [-0.05, 0) is 36.6 Å². The molecule has 0 atom stereocenters. The molecule has 1 aromatic heterocycles. The maximum absolute atomic E-state index is 8.90. The van der Waals surface area contributed by atoms with E-state index >= 15 is 0 Å². The number of aromatic nitrogens is 1. The van der Waals surface area contributed by atoms with E-state index in [1.54, 1.807) is 17.2 Å². The highest BCUT2D eigenvalue weighted by atomic mass is 15.1. The second kappa shape index (κ2) is 4.23. The molecule has 0 bridgehead atoms. The first-order valence-electron chi connectivity index (χ1n) is 5.26. The Kier molecular flexibility index (Phi) is 2.78. The molecule has 0 unspecified atom stereocenters. The van der Waals surface area contributed by atoms with Gasteiger partial charge in [0.25, 0.3) is 0 Å². The van der Waals surface area contributed by atoms with Gasteiger partial charge in [0.2, 0.25) is 0 Å². The van der Waals surface area contributed by atoms with Crippen molar-refractivity contribution < 1.29 is 0 Å². The van der Waals surface area contributed by atoms with Crippen molar-refractivity contribution in [3.8, 4) is 6.19 Å². The summed E-state index contributed by atoms with van der Waals surface area (Å²) < 4.78 is 0. The van der Waals surface area contributed by atoms with Crippen molar-refractivity contribution >= 4 is 11.4 Å². The van der Waals surface area contributed by atoms with E-state index in [9.17, 15) is 0 Å². The van der Waals surface area contributed by atoms with E-state index in [4.69, 9.17) is 11.0 Å². The molecule has 0 aliphatic carbocycles. The lowest BCUT2D eigenvalue weighted by Gasteiger charge is -2.25. The van der Waals surface area contributed by atoms with E-state index < -0.39 is 0 Å². The highest BCUT2D eigenvalue weighted by molar-refractivity contribution is 5.70. The Labute approximate surface area is 95.0 Å². The third-order valence-electron chi connectivity index (χ3n) is 2.90. The molecule has 0 aromatic carbocycles. The minimum absolute atomic E-state index is 0.523. The minimum Gasteiger partial charge on any atom is -0.384 e. The van der Waals surface area contributed by atoms with Crippen LogP contribution >= 0.6 is 0 Å². The van der Waals surface area contributed by atoms with Crippen LogP contribution in [0.2, 0.25) is 0 Å². The van der Waals surface area contributed by atoms with Gasteiger partial charge in [-0.15, -0.1) is 0 Å². The van der Waals surface area contributed by atoms with Crippen LogP contribution in [-0.4, -0.2) is 23.0 Å². The molecule has 0 amide bonds. The van der Waals surface area contributed by atoms with Gasteiger partial charge < -0.3 is 10.6 Å². The predicted octanol–water partition coefficient (Wildman–Crippen LogP) is 1.62. The minimum atomic E-state index is 0.523. The summed E-state index contributed by atoms with van der Waals surface area (Å²) in [4.78, 5) is 5.84. The van der Waals surface area contributed by atoms with Gasteiger partial charge in [0.15, 0.2) is 6.19 Å². The molecule has 1 aliphatic rings. The molecule has 0 spiro atoms. The number of hydrogen-bond acceptors (Lipinski definition) is 4. The first-order chi connectivity index (χ1) is 7.70. The largest absolute Gasteiger partial charge is 0.384 e. The van der Waals surface area contributed by atoms with E-state index in [2.05, 4.69) is 18.1 Å².